The Morgan fingerprint density at radius 1 is 0.909 bits per heavy atom. The topological polar surface area (TPSA) is 57.5 Å². The van der Waals surface area contributed by atoms with Crippen LogP contribution in [0.1, 0.15) is 90.4 Å². The molecular formula is C18H36O3S. The fraction of sp³-hybridized carbons (Fsp3) is 0.944. The number of rotatable bonds is 16. The van der Waals surface area contributed by atoms with Crippen molar-refractivity contribution in [1.29, 1.82) is 0 Å². The van der Waals surface area contributed by atoms with Gasteiger partial charge in [0.05, 0.1) is 6.10 Å². The largest absolute Gasteiger partial charge is 0.481 e. The van der Waals surface area contributed by atoms with Crippen molar-refractivity contribution in [2.24, 2.45) is 0 Å². The summed E-state index contributed by atoms with van der Waals surface area (Å²) < 4.78 is 0. The highest BCUT2D eigenvalue weighted by atomic mass is 32.2. The molecule has 0 bridgehead atoms. The Bertz CT molecular complexity index is 259. The molecule has 0 aliphatic carbocycles. The summed E-state index contributed by atoms with van der Waals surface area (Å²) in [5.41, 5.74) is 0. The first-order valence-corrected chi connectivity index (χ1v) is 10.3. The maximum Gasteiger partial charge on any atom is 0.303 e. The number of carboxylic acids is 1. The summed E-state index contributed by atoms with van der Waals surface area (Å²) in [6, 6.07) is 0. The van der Waals surface area contributed by atoms with Gasteiger partial charge in [0.1, 0.15) is 0 Å². The van der Waals surface area contributed by atoms with E-state index >= 15 is 0 Å². The Morgan fingerprint density at radius 2 is 1.50 bits per heavy atom. The maximum absolute atomic E-state index is 10.4. The minimum atomic E-state index is -0.681. The van der Waals surface area contributed by atoms with Gasteiger partial charge in [-0.2, -0.15) is 11.8 Å². The van der Waals surface area contributed by atoms with Gasteiger partial charge in [-0.1, -0.05) is 45.4 Å². The molecule has 0 amide bonds. The van der Waals surface area contributed by atoms with Crippen LogP contribution in [0.4, 0.5) is 0 Å². The Balaban J connectivity index is 3.51. The van der Waals surface area contributed by atoms with Gasteiger partial charge in [0.2, 0.25) is 0 Å². The molecule has 0 radical (unpaired) electrons. The molecule has 2 N–H and O–H groups in total. The zero-order valence-corrected chi connectivity index (χ0v) is 15.4. The van der Waals surface area contributed by atoms with Crippen LogP contribution in [0.2, 0.25) is 0 Å². The van der Waals surface area contributed by atoms with E-state index in [0.29, 0.717) is 11.7 Å². The normalized spacial score (nSPS) is 14.0. The van der Waals surface area contributed by atoms with Gasteiger partial charge in [-0.15, -0.1) is 0 Å². The lowest BCUT2D eigenvalue weighted by Gasteiger charge is -2.16. The molecule has 0 fully saturated rings. The molecule has 0 unspecified atom stereocenters. The molecule has 0 rings (SSSR count). The number of aliphatic hydroxyl groups excluding tert-OH is 1. The van der Waals surface area contributed by atoms with Crippen LogP contribution >= 0.6 is 11.8 Å². The molecule has 0 saturated carbocycles. The lowest BCUT2D eigenvalue weighted by Crippen LogP contribution is -2.09. The Labute approximate surface area is 141 Å². The van der Waals surface area contributed by atoms with Gasteiger partial charge in [0.25, 0.3) is 0 Å². The van der Waals surface area contributed by atoms with Crippen molar-refractivity contribution in [3.8, 4) is 0 Å². The second kappa shape index (κ2) is 15.7. The van der Waals surface area contributed by atoms with E-state index in [2.05, 4.69) is 13.2 Å². The van der Waals surface area contributed by atoms with Crippen LogP contribution in [0.5, 0.6) is 0 Å². The first-order valence-electron chi connectivity index (χ1n) is 9.02. The summed E-state index contributed by atoms with van der Waals surface area (Å²) in [5, 5.41) is 19.2. The van der Waals surface area contributed by atoms with E-state index in [4.69, 9.17) is 5.11 Å². The predicted molar refractivity (Wildman–Crippen MR) is 96.6 cm³/mol. The molecule has 0 aliphatic rings. The number of hydrogen-bond donors (Lipinski definition) is 2. The van der Waals surface area contributed by atoms with Gasteiger partial charge >= 0.3 is 5.97 Å². The first-order chi connectivity index (χ1) is 10.6. The first kappa shape index (κ1) is 21.8. The monoisotopic (exact) mass is 332 g/mol. The van der Waals surface area contributed by atoms with E-state index in [1.54, 1.807) is 0 Å². The van der Waals surface area contributed by atoms with Gasteiger partial charge in [-0.05, 0) is 44.8 Å². The van der Waals surface area contributed by atoms with E-state index in [-0.39, 0.29) is 6.10 Å². The maximum atomic E-state index is 10.4. The predicted octanol–water partition coefficient (Wildman–Crippen LogP) is 5.25. The molecule has 2 atom stereocenters. The zero-order chi connectivity index (χ0) is 16.6. The molecule has 0 spiro atoms. The van der Waals surface area contributed by atoms with Crippen LogP contribution in [-0.4, -0.2) is 33.8 Å². The molecule has 0 saturated heterocycles. The molecule has 0 aromatic rings. The fourth-order valence-electron chi connectivity index (χ4n) is 2.74. The molecule has 0 aromatic carbocycles. The highest BCUT2D eigenvalue weighted by molar-refractivity contribution is 7.99. The van der Waals surface area contributed by atoms with Crippen LogP contribution in [0.25, 0.3) is 0 Å². The van der Waals surface area contributed by atoms with Gasteiger partial charge in [-0.3, -0.25) is 4.79 Å². The van der Waals surface area contributed by atoms with Gasteiger partial charge in [0.15, 0.2) is 0 Å². The van der Waals surface area contributed by atoms with Crippen molar-refractivity contribution in [2.45, 2.75) is 102 Å². The molecule has 4 heteroatoms. The van der Waals surface area contributed by atoms with Crippen molar-refractivity contribution in [3.63, 3.8) is 0 Å². The van der Waals surface area contributed by atoms with Crippen LogP contribution in [0.15, 0.2) is 0 Å². The van der Waals surface area contributed by atoms with E-state index in [1.807, 2.05) is 11.8 Å². The number of unbranched alkanes of at least 4 members (excludes halogenated alkanes) is 5. The average Bonchev–Trinajstić information content (AvgIpc) is 2.48. The third-order valence-electron chi connectivity index (χ3n) is 4.20. The summed E-state index contributed by atoms with van der Waals surface area (Å²) >= 11 is 1.94. The minimum absolute atomic E-state index is 0.106. The molecule has 3 nitrogen and oxygen atoms in total. The number of thioether (sulfide) groups is 1. The van der Waals surface area contributed by atoms with Crippen LogP contribution in [-0.2, 0) is 4.79 Å². The van der Waals surface area contributed by atoms with Crippen molar-refractivity contribution in [2.75, 3.05) is 6.26 Å². The third kappa shape index (κ3) is 14.7. The standard InChI is InChI=1S/C18H36O3S/c1-3-4-7-11-16(19)12-10-14-17(22-2)13-8-5-6-9-15-18(20)21/h16-17,19H,3-15H2,1-2H3,(H,20,21)/t16-,17-/m0/s1. The number of carboxylic acid groups (broad SMARTS) is 1. The molecule has 0 aliphatic heterocycles. The highest BCUT2D eigenvalue weighted by Gasteiger charge is 2.09. The molecule has 132 valence electrons. The summed E-state index contributed by atoms with van der Waals surface area (Å²) in [4.78, 5) is 10.4. The Morgan fingerprint density at radius 3 is 2.14 bits per heavy atom. The lowest BCUT2D eigenvalue weighted by atomic mass is 10.0. The Kier molecular flexibility index (Phi) is 15.5. The summed E-state index contributed by atoms with van der Waals surface area (Å²) in [7, 11) is 0. The van der Waals surface area contributed by atoms with E-state index in [0.717, 1.165) is 44.9 Å². The van der Waals surface area contributed by atoms with E-state index in [9.17, 15) is 9.90 Å². The van der Waals surface area contributed by atoms with Gasteiger partial charge < -0.3 is 10.2 Å². The quantitative estimate of drug-likeness (QED) is 0.379. The second-order valence-corrected chi connectivity index (χ2v) is 7.42. The van der Waals surface area contributed by atoms with Crippen molar-refractivity contribution < 1.29 is 15.0 Å². The number of hydrogen-bond acceptors (Lipinski definition) is 3. The van der Waals surface area contributed by atoms with Crippen molar-refractivity contribution >= 4 is 17.7 Å². The summed E-state index contributed by atoms with van der Waals surface area (Å²) in [5.74, 6) is -0.681. The number of carbonyl (C=O) groups is 1. The fourth-order valence-corrected chi connectivity index (χ4v) is 3.54. The molecule has 0 aromatic heterocycles. The smallest absolute Gasteiger partial charge is 0.303 e. The van der Waals surface area contributed by atoms with E-state index in [1.165, 1.54) is 32.1 Å². The van der Waals surface area contributed by atoms with Gasteiger partial charge in [0, 0.05) is 11.7 Å². The van der Waals surface area contributed by atoms with E-state index < -0.39 is 5.97 Å². The molecule has 0 heterocycles. The van der Waals surface area contributed by atoms with Crippen molar-refractivity contribution in [1.82, 2.24) is 0 Å². The average molecular weight is 333 g/mol. The molecule has 22 heavy (non-hydrogen) atoms. The zero-order valence-electron chi connectivity index (χ0n) is 14.6. The number of aliphatic carboxylic acids is 1. The second-order valence-electron chi connectivity index (χ2n) is 6.28. The van der Waals surface area contributed by atoms with Gasteiger partial charge in [-0.25, -0.2) is 0 Å². The number of aliphatic hydroxyl groups is 1. The third-order valence-corrected chi connectivity index (χ3v) is 5.34. The lowest BCUT2D eigenvalue weighted by molar-refractivity contribution is -0.137. The highest BCUT2D eigenvalue weighted by Crippen LogP contribution is 2.22. The van der Waals surface area contributed by atoms with Crippen molar-refractivity contribution in [3.05, 3.63) is 0 Å². The Hall–Kier alpha value is -0.220. The minimum Gasteiger partial charge on any atom is -0.481 e. The summed E-state index contributed by atoms with van der Waals surface area (Å²) in [6.07, 6.45) is 15.6. The van der Waals surface area contributed by atoms with Crippen LogP contribution in [0, 0.1) is 0 Å². The SMILES string of the molecule is CCCCC[C@H](O)CCC[C@H](CCCCCCC(=O)O)SC. The van der Waals surface area contributed by atoms with Crippen LogP contribution < -0.4 is 0 Å². The molecular weight excluding hydrogens is 296 g/mol. The summed E-state index contributed by atoms with van der Waals surface area (Å²) in [6.45, 7) is 2.19. The van der Waals surface area contributed by atoms with Crippen LogP contribution in [0.3, 0.4) is 0 Å².